The van der Waals surface area contributed by atoms with Crippen LogP contribution in [0.15, 0.2) is 11.6 Å². The van der Waals surface area contributed by atoms with Gasteiger partial charge in [-0.1, -0.05) is 60.1 Å². The molecule has 0 radical (unpaired) electrons. The lowest BCUT2D eigenvalue weighted by atomic mass is 9.33. The van der Waals surface area contributed by atoms with Crippen molar-refractivity contribution in [3.8, 4) is 0 Å². The van der Waals surface area contributed by atoms with Gasteiger partial charge in [0.1, 0.15) is 0 Å². The molecule has 4 fully saturated rings. The number of aliphatic hydroxyl groups excluding tert-OH is 1. The number of carbonyl (C=O) groups is 1. The maximum atomic E-state index is 12.8. The second-order valence-corrected chi connectivity index (χ2v) is 15.1. The molecule has 0 saturated heterocycles. The van der Waals surface area contributed by atoms with Gasteiger partial charge < -0.3 is 10.2 Å². The average molecular weight is 457 g/mol. The predicted octanol–water partition coefficient (Wildman–Crippen LogP) is 7.23. The van der Waals surface area contributed by atoms with E-state index >= 15 is 0 Å². The normalized spacial score (nSPS) is 52.4. The molecular weight excluding hydrogens is 408 g/mol. The van der Waals surface area contributed by atoms with Gasteiger partial charge in [-0.05, 0) is 109 Å². The second-order valence-electron chi connectivity index (χ2n) is 15.1. The highest BCUT2D eigenvalue weighted by Crippen LogP contribution is 2.75. The summed E-state index contributed by atoms with van der Waals surface area (Å²) in [6.45, 7) is 16.9. The molecule has 2 unspecified atom stereocenters. The Morgan fingerprint density at radius 2 is 1.55 bits per heavy atom. The van der Waals surface area contributed by atoms with E-state index in [0.29, 0.717) is 11.8 Å². The van der Waals surface area contributed by atoms with Crippen molar-refractivity contribution in [3.63, 3.8) is 0 Å². The van der Waals surface area contributed by atoms with Gasteiger partial charge in [-0.15, -0.1) is 0 Å². The molecule has 0 amide bonds. The zero-order valence-corrected chi connectivity index (χ0v) is 22.3. The van der Waals surface area contributed by atoms with Crippen LogP contribution in [0.2, 0.25) is 0 Å². The second kappa shape index (κ2) is 6.89. The first-order valence-corrected chi connectivity index (χ1v) is 13.8. The highest BCUT2D eigenvalue weighted by atomic mass is 16.4. The van der Waals surface area contributed by atoms with Crippen LogP contribution in [0.5, 0.6) is 0 Å². The van der Waals surface area contributed by atoms with E-state index in [-0.39, 0.29) is 39.1 Å². The zero-order chi connectivity index (χ0) is 24.2. The Morgan fingerprint density at radius 1 is 0.879 bits per heavy atom. The smallest absolute Gasteiger partial charge is 0.310 e. The van der Waals surface area contributed by atoms with E-state index in [1.165, 1.54) is 18.4 Å². The van der Waals surface area contributed by atoms with E-state index in [2.05, 4.69) is 54.5 Å². The van der Waals surface area contributed by atoms with Crippen molar-refractivity contribution in [1.82, 2.24) is 0 Å². The third-order valence-corrected chi connectivity index (χ3v) is 13.0. The summed E-state index contributed by atoms with van der Waals surface area (Å²) >= 11 is 0. The quantitative estimate of drug-likeness (QED) is 0.409. The fourth-order valence-electron chi connectivity index (χ4n) is 10.6. The monoisotopic (exact) mass is 456 g/mol. The lowest BCUT2D eigenvalue weighted by Crippen LogP contribution is -2.65. The summed E-state index contributed by atoms with van der Waals surface area (Å²) in [5.74, 6) is 0.807. The minimum Gasteiger partial charge on any atom is -0.481 e. The minimum absolute atomic E-state index is 0.0301. The number of carboxylic acid groups (broad SMARTS) is 1. The molecule has 5 aliphatic carbocycles. The van der Waals surface area contributed by atoms with E-state index < -0.39 is 11.4 Å². The van der Waals surface area contributed by atoms with E-state index in [1.807, 2.05) is 0 Å². The Kier molecular flexibility index (Phi) is 4.99. The lowest BCUT2D eigenvalue weighted by molar-refractivity contribution is -0.205. The third kappa shape index (κ3) is 2.87. The van der Waals surface area contributed by atoms with Crippen LogP contribution < -0.4 is 0 Å². The topological polar surface area (TPSA) is 57.5 Å². The molecule has 2 N–H and O–H groups in total. The molecule has 8 atom stereocenters. The molecule has 186 valence electrons. The SMILES string of the molecule is CC1(C)CC[C@]2(C(=O)O)CC[C@]3(C)C(=CCC4[C@@]5(C)CC[C@H](O)C(C)(C)C5CC[C@]43C)[C@H]2C1. The molecule has 4 saturated carbocycles. The number of fused-ring (bicyclic) bond motifs is 7. The van der Waals surface area contributed by atoms with E-state index in [1.54, 1.807) is 0 Å². The van der Waals surface area contributed by atoms with Crippen LogP contribution in [0, 0.1) is 50.2 Å². The maximum absolute atomic E-state index is 12.8. The first-order chi connectivity index (χ1) is 15.1. The van der Waals surface area contributed by atoms with Gasteiger partial charge in [0.05, 0.1) is 11.5 Å². The Labute approximate surface area is 201 Å². The third-order valence-electron chi connectivity index (χ3n) is 13.0. The van der Waals surface area contributed by atoms with Gasteiger partial charge in [-0.3, -0.25) is 4.79 Å². The first-order valence-electron chi connectivity index (χ1n) is 13.8. The van der Waals surface area contributed by atoms with E-state index in [4.69, 9.17) is 0 Å². The number of aliphatic hydroxyl groups is 1. The van der Waals surface area contributed by atoms with Crippen LogP contribution in [0.1, 0.15) is 113 Å². The van der Waals surface area contributed by atoms with Crippen LogP contribution >= 0.6 is 0 Å². The average Bonchev–Trinajstić information content (AvgIpc) is 2.71. The molecule has 0 aromatic rings. The molecule has 0 aliphatic heterocycles. The summed E-state index contributed by atoms with van der Waals surface area (Å²) in [5.41, 5.74) is 1.68. The van der Waals surface area contributed by atoms with Crippen molar-refractivity contribution in [1.29, 1.82) is 0 Å². The molecule has 0 bridgehead atoms. The Balaban J connectivity index is 1.60. The van der Waals surface area contributed by atoms with Crippen LogP contribution in [-0.2, 0) is 4.79 Å². The van der Waals surface area contributed by atoms with Crippen molar-refractivity contribution < 1.29 is 15.0 Å². The van der Waals surface area contributed by atoms with E-state index in [9.17, 15) is 15.0 Å². The molecule has 0 aromatic heterocycles. The summed E-state index contributed by atoms with van der Waals surface area (Å²) in [5, 5.41) is 21.4. The number of rotatable bonds is 1. The summed E-state index contributed by atoms with van der Waals surface area (Å²) < 4.78 is 0. The first kappa shape index (κ1) is 23.9. The number of hydrogen-bond acceptors (Lipinski definition) is 2. The van der Waals surface area contributed by atoms with Gasteiger partial charge in [0.25, 0.3) is 0 Å². The highest BCUT2D eigenvalue weighted by Gasteiger charge is 2.69. The van der Waals surface area contributed by atoms with Crippen molar-refractivity contribution in [3.05, 3.63) is 11.6 Å². The Morgan fingerprint density at radius 3 is 2.21 bits per heavy atom. The fourth-order valence-corrected chi connectivity index (χ4v) is 10.6. The largest absolute Gasteiger partial charge is 0.481 e. The van der Waals surface area contributed by atoms with Gasteiger partial charge in [0.2, 0.25) is 0 Å². The number of allylic oxidation sites excluding steroid dienone is 2. The zero-order valence-electron chi connectivity index (χ0n) is 22.3. The molecule has 3 heteroatoms. The van der Waals surface area contributed by atoms with E-state index in [0.717, 1.165) is 51.4 Å². The van der Waals surface area contributed by atoms with Gasteiger partial charge in [-0.25, -0.2) is 0 Å². The Hall–Kier alpha value is -0.830. The minimum atomic E-state index is -0.553. The summed E-state index contributed by atoms with van der Waals surface area (Å²) in [6.07, 6.45) is 12.6. The molecular formula is C30H48O3. The van der Waals surface area contributed by atoms with Crippen LogP contribution in [0.4, 0.5) is 0 Å². The molecule has 3 nitrogen and oxygen atoms in total. The molecule has 5 rings (SSSR count). The lowest BCUT2D eigenvalue weighted by Gasteiger charge is -2.71. The van der Waals surface area contributed by atoms with Crippen molar-refractivity contribution >= 4 is 5.97 Å². The standard InChI is InChI=1S/C30H48O3/c1-25(2)14-16-30(24(32)33)17-15-28(6)19(20(30)18-25)8-9-22-27(5)12-11-23(31)26(3,4)21(27)10-13-29(22,28)7/h8,20-23,31H,9-18H2,1-7H3,(H,32,33)/t20-,21?,22?,23+,27+,28-,29-,30+/m1/s1. The van der Waals surface area contributed by atoms with Crippen LogP contribution in [-0.4, -0.2) is 22.3 Å². The van der Waals surface area contributed by atoms with Crippen molar-refractivity contribution in [2.75, 3.05) is 0 Å². The number of aliphatic carboxylic acids is 1. The van der Waals surface area contributed by atoms with Crippen molar-refractivity contribution in [2.45, 2.75) is 119 Å². The molecule has 5 aliphatic rings. The van der Waals surface area contributed by atoms with Crippen LogP contribution in [0.25, 0.3) is 0 Å². The van der Waals surface area contributed by atoms with Crippen molar-refractivity contribution in [2.24, 2.45) is 50.2 Å². The molecule has 0 aromatic carbocycles. The predicted molar refractivity (Wildman–Crippen MR) is 133 cm³/mol. The highest BCUT2D eigenvalue weighted by molar-refractivity contribution is 5.76. The summed E-state index contributed by atoms with van der Waals surface area (Å²) in [6, 6.07) is 0. The number of carboxylic acids is 1. The van der Waals surface area contributed by atoms with Crippen LogP contribution in [0.3, 0.4) is 0 Å². The molecule has 33 heavy (non-hydrogen) atoms. The number of hydrogen-bond donors (Lipinski definition) is 2. The van der Waals surface area contributed by atoms with Gasteiger partial charge in [-0.2, -0.15) is 0 Å². The maximum Gasteiger partial charge on any atom is 0.310 e. The molecule has 0 heterocycles. The fraction of sp³-hybridized carbons (Fsp3) is 0.900. The van der Waals surface area contributed by atoms with Gasteiger partial charge in [0.15, 0.2) is 0 Å². The summed E-state index contributed by atoms with van der Waals surface area (Å²) in [7, 11) is 0. The van der Waals surface area contributed by atoms with Gasteiger partial charge in [0, 0.05) is 0 Å². The summed E-state index contributed by atoms with van der Waals surface area (Å²) in [4.78, 5) is 12.8. The Bertz CT molecular complexity index is 885. The van der Waals surface area contributed by atoms with Gasteiger partial charge >= 0.3 is 5.97 Å². The molecule has 0 spiro atoms.